The van der Waals surface area contributed by atoms with Gasteiger partial charge in [0.2, 0.25) is 0 Å². The van der Waals surface area contributed by atoms with Gasteiger partial charge in [0.1, 0.15) is 0 Å². The Balaban J connectivity index is 1.47. The largest absolute Gasteiger partial charge is 0.465 e. The molecule has 2 fully saturated rings. The lowest BCUT2D eigenvalue weighted by molar-refractivity contribution is -0.171. The average Bonchev–Trinajstić information content (AvgIpc) is 3.58. The zero-order chi connectivity index (χ0) is 23.4. The predicted octanol–water partition coefficient (Wildman–Crippen LogP) is 3.68. The van der Waals surface area contributed by atoms with E-state index in [2.05, 4.69) is 5.32 Å². The first-order chi connectivity index (χ1) is 16.0. The molecule has 2 aliphatic rings. The monoisotopic (exact) mass is 451 g/mol. The molecule has 0 spiro atoms. The van der Waals surface area contributed by atoms with E-state index in [0.29, 0.717) is 11.1 Å². The Labute approximate surface area is 193 Å². The van der Waals surface area contributed by atoms with Crippen molar-refractivity contribution in [2.24, 2.45) is 5.92 Å². The Kier molecular flexibility index (Phi) is 6.79. The molecule has 2 aromatic carbocycles. The fraction of sp³-hybridized carbons (Fsp3) is 0.423. The van der Waals surface area contributed by atoms with Gasteiger partial charge in [-0.15, -0.1) is 0 Å². The van der Waals surface area contributed by atoms with Crippen LogP contribution >= 0.6 is 0 Å². The Morgan fingerprint density at radius 3 is 2.15 bits per heavy atom. The summed E-state index contributed by atoms with van der Waals surface area (Å²) in [4.78, 5) is 38.0. The van der Waals surface area contributed by atoms with Crippen LogP contribution in [0, 0.1) is 5.92 Å². The van der Waals surface area contributed by atoms with Crippen molar-refractivity contribution < 1.29 is 28.6 Å². The summed E-state index contributed by atoms with van der Waals surface area (Å²) >= 11 is 0. The van der Waals surface area contributed by atoms with Gasteiger partial charge in [-0.1, -0.05) is 48.9 Å². The molecule has 0 saturated heterocycles. The smallest absolute Gasteiger partial charge is 0.340 e. The molecule has 0 unspecified atom stereocenters. The van der Waals surface area contributed by atoms with Gasteiger partial charge in [-0.05, 0) is 48.9 Å². The molecule has 1 N–H and O–H groups in total. The van der Waals surface area contributed by atoms with Gasteiger partial charge in [0.25, 0.3) is 5.91 Å². The van der Waals surface area contributed by atoms with E-state index in [1.165, 1.54) is 14.2 Å². The second-order valence-electron chi connectivity index (χ2n) is 8.72. The summed E-state index contributed by atoms with van der Waals surface area (Å²) in [5.74, 6) is -1.26. The molecule has 174 valence electrons. The number of benzene rings is 2. The summed E-state index contributed by atoms with van der Waals surface area (Å²) in [7, 11) is 2.79. The van der Waals surface area contributed by atoms with Crippen molar-refractivity contribution in [3.05, 3.63) is 71.3 Å². The molecular weight excluding hydrogens is 422 g/mol. The lowest BCUT2D eigenvalue weighted by Gasteiger charge is -2.34. The number of rotatable bonds is 9. The maximum absolute atomic E-state index is 13.3. The first-order valence-electron chi connectivity index (χ1n) is 11.3. The van der Waals surface area contributed by atoms with Gasteiger partial charge in [-0.2, -0.15) is 0 Å². The normalized spacial score (nSPS) is 18.4. The van der Waals surface area contributed by atoms with E-state index >= 15 is 0 Å². The van der Waals surface area contributed by atoms with E-state index in [-0.39, 0.29) is 11.8 Å². The molecule has 33 heavy (non-hydrogen) atoms. The van der Waals surface area contributed by atoms with Crippen LogP contribution in [0.4, 0.5) is 0 Å². The minimum atomic E-state index is -0.887. The molecule has 1 amide bonds. The van der Waals surface area contributed by atoms with Gasteiger partial charge in [0.15, 0.2) is 12.2 Å². The van der Waals surface area contributed by atoms with Crippen LogP contribution in [0.5, 0.6) is 0 Å². The molecule has 0 aliphatic heterocycles. The zero-order valence-corrected chi connectivity index (χ0v) is 18.9. The topological polar surface area (TPSA) is 90.9 Å². The summed E-state index contributed by atoms with van der Waals surface area (Å²) in [6, 6.07) is 16.2. The molecule has 0 heterocycles. The average molecular weight is 452 g/mol. The van der Waals surface area contributed by atoms with Crippen molar-refractivity contribution in [2.45, 2.75) is 49.9 Å². The van der Waals surface area contributed by atoms with Crippen LogP contribution in [-0.2, 0) is 29.3 Å². The van der Waals surface area contributed by atoms with E-state index in [1.807, 2.05) is 30.3 Å². The first kappa shape index (κ1) is 23.0. The molecule has 0 bridgehead atoms. The van der Waals surface area contributed by atoms with E-state index in [9.17, 15) is 14.4 Å². The molecule has 0 aromatic heterocycles. The lowest BCUT2D eigenvalue weighted by atomic mass is 9.80. The van der Waals surface area contributed by atoms with E-state index < -0.39 is 29.7 Å². The predicted molar refractivity (Wildman–Crippen MR) is 120 cm³/mol. The highest BCUT2D eigenvalue weighted by molar-refractivity contribution is 5.89. The second kappa shape index (κ2) is 9.75. The Hall–Kier alpha value is -3.19. The number of hydrogen-bond donors (Lipinski definition) is 1. The highest BCUT2D eigenvalue weighted by atomic mass is 16.6. The summed E-state index contributed by atoms with van der Waals surface area (Å²) in [5.41, 5.74) is 1.56. The highest BCUT2D eigenvalue weighted by Gasteiger charge is 2.48. The summed E-state index contributed by atoms with van der Waals surface area (Å²) in [5, 5.41) is 3.12. The molecule has 2 atom stereocenters. The van der Waals surface area contributed by atoms with Crippen molar-refractivity contribution in [1.29, 1.82) is 0 Å². The van der Waals surface area contributed by atoms with Gasteiger partial charge in [0.05, 0.1) is 18.2 Å². The fourth-order valence-corrected chi connectivity index (χ4v) is 4.25. The number of carbonyl (C=O) groups excluding carboxylic acids is 3. The zero-order valence-electron chi connectivity index (χ0n) is 18.9. The van der Waals surface area contributed by atoms with Crippen LogP contribution in [0.25, 0.3) is 0 Å². The van der Waals surface area contributed by atoms with Crippen molar-refractivity contribution in [2.75, 3.05) is 14.2 Å². The standard InChI is InChI=1S/C26H29NO6/c1-31-22(18-7-4-3-5-8-18)25(30)33-21(17-9-6-10-17)23(28)27-26(15-16-26)20-13-11-19(12-14-20)24(29)32-2/h3-5,7-8,11-14,17,21-22H,6,9-10,15-16H2,1-2H3,(H,27,28)/t21-,22+/m0/s1. The Bertz CT molecular complexity index is 995. The molecule has 0 radical (unpaired) electrons. The number of esters is 2. The minimum Gasteiger partial charge on any atom is -0.465 e. The van der Waals surface area contributed by atoms with Gasteiger partial charge in [0, 0.05) is 13.0 Å². The SMILES string of the molecule is COC(=O)c1ccc(C2(NC(=O)[C@@H](OC(=O)[C@H](OC)c3ccccc3)C3CCC3)CC2)cc1. The van der Waals surface area contributed by atoms with Crippen LogP contribution in [0.2, 0.25) is 0 Å². The fourth-order valence-electron chi connectivity index (χ4n) is 4.25. The van der Waals surface area contributed by atoms with Crippen LogP contribution in [-0.4, -0.2) is 38.2 Å². The maximum atomic E-state index is 13.3. The number of nitrogens with one attached hydrogen (secondary N) is 1. The third kappa shape index (κ3) is 4.93. The molecule has 7 nitrogen and oxygen atoms in total. The van der Waals surface area contributed by atoms with Crippen LogP contribution in [0.15, 0.2) is 54.6 Å². The molecule has 4 rings (SSSR count). The molecular formula is C26H29NO6. The first-order valence-corrected chi connectivity index (χ1v) is 11.3. The van der Waals surface area contributed by atoms with Crippen molar-refractivity contribution in [3.63, 3.8) is 0 Å². The third-order valence-corrected chi connectivity index (χ3v) is 6.60. The van der Waals surface area contributed by atoms with Gasteiger partial charge >= 0.3 is 11.9 Å². The van der Waals surface area contributed by atoms with E-state index in [4.69, 9.17) is 14.2 Å². The van der Waals surface area contributed by atoms with Crippen LogP contribution < -0.4 is 5.32 Å². The van der Waals surface area contributed by atoms with Gasteiger partial charge < -0.3 is 19.5 Å². The Morgan fingerprint density at radius 2 is 1.64 bits per heavy atom. The van der Waals surface area contributed by atoms with Gasteiger partial charge in [-0.3, -0.25) is 4.79 Å². The minimum absolute atomic E-state index is 0.000250. The molecule has 2 saturated carbocycles. The van der Waals surface area contributed by atoms with E-state index in [1.54, 1.807) is 24.3 Å². The number of hydrogen-bond acceptors (Lipinski definition) is 6. The third-order valence-electron chi connectivity index (χ3n) is 6.60. The summed E-state index contributed by atoms with van der Waals surface area (Å²) in [6.45, 7) is 0. The molecule has 2 aromatic rings. The number of methoxy groups -OCH3 is 2. The highest BCUT2D eigenvalue weighted by Crippen LogP contribution is 2.46. The Morgan fingerprint density at radius 1 is 0.970 bits per heavy atom. The number of amides is 1. The van der Waals surface area contributed by atoms with Crippen molar-refractivity contribution in [3.8, 4) is 0 Å². The van der Waals surface area contributed by atoms with Crippen molar-refractivity contribution in [1.82, 2.24) is 5.32 Å². The molecule has 7 heteroatoms. The number of carbonyl (C=O) groups is 3. The lowest BCUT2D eigenvalue weighted by Crippen LogP contribution is -2.48. The van der Waals surface area contributed by atoms with Crippen LogP contribution in [0.1, 0.15) is 59.7 Å². The quantitative estimate of drug-likeness (QED) is 0.585. The molecule has 2 aliphatic carbocycles. The van der Waals surface area contributed by atoms with E-state index in [0.717, 1.165) is 37.7 Å². The summed E-state index contributed by atoms with van der Waals surface area (Å²) in [6.07, 6.45) is 2.52. The van der Waals surface area contributed by atoms with Crippen molar-refractivity contribution >= 4 is 17.8 Å². The van der Waals surface area contributed by atoms with Gasteiger partial charge in [-0.25, -0.2) is 9.59 Å². The van der Waals surface area contributed by atoms with Crippen LogP contribution in [0.3, 0.4) is 0 Å². The maximum Gasteiger partial charge on any atom is 0.340 e. The number of ether oxygens (including phenoxy) is 3. The summed E-state index contributed by atoms with van der Waals surface area (Å²) < 4.78 is 15.9. The second-order valence-corrected chi connectivity index (χ2v) is 8.72.